The zero-order valence-electron chi connectivity index (χ0n) is 16.4. The van der Waals surface area contributed by atoms with Crippen molar-refractivity contribution in [2.75, 3.05) is 30.3 Å². The smallest absolute Gasteiger partial charge is 0.319 e. The van der Waals surface area contributed by atoms with E-state index >= 15 is 0 Å². The van der Waals surface area contributed by atoms with Crippen molar-refractivity contribution < 1.29 is 14.4 Å². The van der Waals surface area contributed by atoms with Gasteiger partial charge in [-0.3, -0.25) is 9.59 Å². The summed E-state index contributed by atoms with van der Waals surface area (Å²) in [6, 6.07) is 13.7. The predicted molar refractivity (Wildman–Crippen MR) is 111 cm³/mol. The Morgan fingerprint density at radius 1 is 0.893 bits per heavy atom. The van der Waals surface area contributed by atoms with E-state index in [0.717, 1.165) is 5.56 Å². The van der Waals surface area contributed by atoms with Crippen LogP contribution in [0.3, 0.4) is 0 Å². The van der Waals surface area contributed by atoms with E-state index in [0.29, 0.717) is 30.0 Å². The summed E-state index contributed by atoms with van der Waals surface area (Å²) in [6.07, 6.45) is 0. The zero-order chi connectivity index (χ0) is 20.5. The van der Waals surface area contributed by atoms with Gasteiger partial charge < -0.3 is 20.9 Å². The molecule has 0 heterocycles. The largest absolute Gasteiger partial charge is 0.339 e. The molecule has 0 saturated heterocycles. The summed E-state index contributed by atoms with van der Waals surface area (Å²) in [6.45, 7) is 6.81. The Bertz CT molecular complexity index is 847. The van der Waals surface area contributed by atoms with Crippen molar-refractivity contribution in [3.05, 3.63) is 59.7 Å². The van der Waals surface area contributed by atoms with Gasteiger partial charge >= 0.3 is 6.03 Å². The quantitative estimate of drug-likeness (QED) is 0.687. The first-order valence-corrected chi connectivity index (χ1v) is 9.23. The Labute approximate surface area is 165 Å². The van der Waals surface area contributed by atoms with E-state index in [4.69, 9.17) is 0 Å². The van der Waals surface area contributed by atoms with Crippen molar-refractivity contribution in [2.24, 2.45) is 0 Å². The van der Waals surface area contributed by atoms with Crippen LogP contribution in [0.1, 0.15) is 29.8 Å². The minimum absolute atomic E-state index is 0.0863. The molecule has 7 heteroatoms. The number of rotatable bonds is 7. The first-order valence-electron chi connectivity index (χ1n) is 9.23. The second kappa shape index (κ2) is 10.1. The first-order chi connectivity index (χ1) is 13.4. The van der Waals surface area contributed by atoms with Crippen LogP contribution in [0.25, 0.3) is 0 Å². The topological polar surface area (TPSA) is 90.5 Å². The predicted octanol–water partition coefficient (Wildman–Crippen LogP) is 3.24. The van der Waals surface area contributed by atoms with E-state index in [9.17, 15) is 14.4 Å². The molecular formula is C21H26N4O3. The van der Waals surface area contributed by atoms with Crippen molar-refractivity contribution in [1.29, 1.82) is 0 Å². The molecule has 4 amide bonds. The van der Waals surface area contributed by atoms with Gasteiger partial charge in [-0.2, -0.15) is 0 Å². The van der Waals surface area contributed by atoms with Crippen molar-refractivity contribution in [1.82, 2.24) is 10.2 Å². The maximum Gasteiger partial charge on any atom is 0.319 e. The maximum absolute atomic E-state index is 12.4. The number of nitrogens with one attached hydrogen (secondary N) is 3. The summed E-state index contributed by atoms with van der Waals surface area (Å²) >= 11 is 0. The Balaban J connectivity index is 1.88. The van der Waals surface area contributed by atoms with Crippen molar-refractivity contribution >= 4 is 29.2 Å². The normalized spacial score (nSPS) is 10.1. The number of anilines is 2. The lowest BCUT2D eigenvalue weighted by Gasteiger charge is -2.19. The molecule has 0 spiro atoms. The second-order valence-electron chi connectivity index (χ2n) is 6.28. The van der Waals surface area contributed by atoms with Crippen LogP contribution in [0, 0.1) is 6.92 Å². The van der Waals surface area contributed by atoms with E-state index in [2.05, 4.69) is 16.0 Å². The summed E-state index contributed by atoms with van der Waals surface area (Å²) in [4.78, 5) is 38.1. The van der Waals surface area contributed by atoms with Gasteiger partial charge in [0.05, 0.1) is 6.54 Å². The van der Waals surface area contributed by atoms with Crippen LogP contribution in [0.15, 0.2) is 48.5 Å². The number of hydrogen-bond donors (Lipinski definition) is 3. The third-order valence-electron chi connectivity index (χ3n) is 4.13. The minimum Gasteiger partial charge on any atom is -0.339 e. The van der Waals surface area contributed by atoms with Gasteiger partial charge in [-0.1, -0.05) is 18.2 Å². The highest BCUT2D eigenvalue weighted by Gasteiger charge is 2.13. The molecule has 7 nitrogen and oxygen atoms in total. The van der Waals surface area contributed by atoms with E-state index in [1.807, 2.05) is 39.0 Å². The lowest BCUT2D eigenvalue weighted by atomic mass is 10.1. The van der Waals surface area contributed by atoms with Gasteiger partial charge in [0.2, 0.25) is 5.91 Å². The molecule has 0 aromatic heterocycles. The fourth-order valence-electron chi connectivity index (χ4n) is 2.69. The first kappa shape index (κ1) is 21.0. The highest BCUT2D eigenvalue weighted by Crippen LogP contribution is 2.13. The van der Waals surface area contributed by atoms with E-state index in [-0.39, 0.29) is 18.4 Å². The maximum atomic E-state index is 12.4. The van der Waals surface area contributed by atoms with Crippen LogP contribution in [0.2, 0.25) is 0 Å². The molecule has 0 radical (unpaired) electrons. The van der Waals surface area contributed by atoms with Gasteiger partial charge in [0, 0.05) is 30.0 Å². The molecule has 0 aliphatic rings. The summed E-state index contributed by atoms with van der Waals surface area (Å²) in [5.74, 6) is -0.469. The van der Waals surface area contributed by atoms with Gasteiger partial charge in [-0.25, -0.2) is 4.79 Å². The molecule has 0 unspecified atom stereocenters. The number of benzene rings is 2. The number of amides is 4. The SMILES string of the molecule is CCN(CC)C(=O)c1cccc(NC(=O)CNC(=O)Nc2cccc(C)c2)c1. The third kappa shape index (κ3) is 6.12. The van der Waals surface area contributed by atoms with Gasteiger partial charge in [0.1, 0.15) is 0 Å². The Hall–Kier alpha value is -3.35. The Kier molecular flexibility index (Phi) is 7.56. The molecular weight excluding hydrogens is 356 g/mol. The van der Waals surface area contributed by atoms with Crippen LogP contribution in [-0.4, -0.2) is 42.4 Å². The molecule has 28 heavy (non-hydrogen) atoms. The number of aryl methyl sites for hydroxylation is 1. The van der Waals surface area contributed by atoms with Crippen LogP contribution < -0.4 is 16.0 Å². The zero-order valence-corrected chi connectivity index (χ0v) is 16.4. The number of hydrogen-bond acceptors (Lipinski definition) is 3. The number of urea groups is 1. The van der Waals surface area contributed by atoms with Gasteiger partial charge in [0.15, 0.2) is 0 Å². The fourth-order valence-corrected chi connectivity index (χ4v) is 2.69. The molecule has 2 aromatic rings. The van der Waals surface area contributed by atoms with Crippen LogP contribution in [-0.2, 0) is 4.79 Å². The van der Waals surface area contributed by atoms with Gasteiger partial charge in [-0.15, -0.1) is 0 Å². The number of carbonyl (C=O) groups is 3. The lowest BCUT2D eigenvalue weighted by Crippen LogP contribution is -2.35. The van der Waals surface area contributed by atoms with Crippen LogP contribution in [0.4, 0.5) is 16.2 Å². The fraction of sp³-hybridized carbons (Fsp3) is 0.286. The summed E-state index contributed by atoms with van der Waals surface area (Å²) in [5, 5.41) is 7.87. The molecule has 3 N–H and O–H groups in total. The molecule has 0 aliphatic carbocycles. The average Bonchev–Trinajstić information content (AvgIpc) is 2.67. The molecule has 0 aliphatic heterocycles. The van der Waals surface area contributed by atoms with Crippen LogP contribution in [0.5, 0.6) is 0 Å². The van der Waals surface area contributed by atoms with E-state index in [1.54, 1.807) is 35.2 Å². The molecule has 0 fully saturated rings. The molecule has 0 saturated carbocycles. The van der Waals surface area contributed by atoms with Gasteiger partial charge in [0.25, 0.3) is 5.91 Å². The van der Waals surface area contributed by atoms with E-state index in [1.165, 1.54) is 0 Å². The molecule has 2 rings (SSSR count). The summed E-state index contributed by atoms with van der Waals surface area (Å²) in [7, 11) is 0. The molecule has 0 bridgehead atoms. The monoisotopic (exact) mass is 382 g/mol. The minimum atomic E-state index is -0.466. The highest BCUT2D eigenvalue weighted by atomic mass is 16.2. The van der Waals surface area contributed by atoms with Crippen LogP contribution >= 0.6 is 0 Å². The lowest BCUT2D eigenvalue weighted by molar-refractivity contribution is -0.115. The molecule has 0 atom stereocenters. The Morgan fingerprint density at radius 3 is 2.18 bits per heavy atom. The van der Waals surface area contributed by atoms with Crippen molar-refractivity contribution in [3.8, 4) is 0 Å². The summed E-state index contributed by atoms with van der Waals surface area (Å²) < 4.78 is 0. The average molecular weight is 382 g/mol. The third-order valence-corrected chi connectivity index (χ3v) is 4.13. The molecule has 2 aromatic carbocycles. The van der Waals surface area contributed by atoms with Crippen molar-refractivity contribution in [3.63, 3.8) is 0 Å². The second-order valence-corrected chi connectivity index (χ2v) is 6.28. The highest BCUT2D eigenvalue weighted by molar-refractivity contribution is 5.99. The standard InChI is InChI=1S/C21H26N4O3/c1-4-25(5-2)20(27)16-9-7-11-18(13-16)23-19(26)14-22-21(28)24-17-10-6-8-15(3)12-17/h6-13H,4-5,14H2,1-3H3,(H,23,26)(H2,22,24,28). The summed E-state index contributed by atoms with van der Waals surface area (Å²) in [5.41, 5.74) is 2.69. The van der Waals surface area contributed by atoms with Crippen molar-refractivity contribution in [2.45, 2.75) is 20.8 Å². The van der Waals surface area contributed by atoms with E-state index < -0.39 is 6.03 Å². The van der Waals surface area contributed by atoms with Gasteiger partial charge in [-0.05, 0) is 56.7 Å². The Morgan fingerprint density at radius 2 is 1.54 bits per heavy atom. The number of nitrogens with zero attached hydrogens (tertiary/aromatic N) is 1. The number of carbonyl (C=O) groups excluding carboxylic acids is 3. The molecule has 148 valence electrons.